The molecule has 0 radical (unpaired) electrons. The Morgan fingerprint density at radius 1 is 1.39 bits per heavy atom. The van der Waals surface area contributed by atoms with Crippen molar-refractivity contribution in [3.05, 3.63) is 27.7 Å². The number of anilines is 1. The van der Waals surface area contributed by atoms with Gasteiger partial charge < -0.3 is 10.6 Å². The molecule has 0 bridgehead atoms. The van der Waals surface area contributed by atoms with Crippen LogP contribution in [-0.4, -0.2) is 25.2 Å². The molecule has 3 nitrogen and oxygen atoms in total. The molecule has 1 rings (SSSR count). The van der Waals surface area contributed by atoms with E-state index in [0.29, 0.717) is 15.2 Å². The van der Waals surface area contributed by atoms with Crippen molar-refractivity contribution < 1.29 is 18.0 Å². The lowest BCUT2D eigenvalue weighted by Gasteiger charge is -2.10. The van der Waals surface area contributed by atoms with Gasteiger partial charge >= 0.3 is 6.18 Å². The summed E-state index contributed by atoms with van der Waals surface area (Å²) in [6.45, 7) is -1.59. The number of alkyl halides is 3. The third kappa shape index (κ3) is 5.59. The zero-order valence-corrected chi connectivity index (χ0v) is 11.3. The minimum atomic E-state index is -4.41. The van der Waals surface area contributed by atoms with Crippen LogP contribution in [0.1, 0.15) is 0 Å². The molecule has 2 N–H and O–H groups in total. The molecule has 0 aliphatic carbocycles. The summed E-state index contributed by atoms with van der Waals surface area (Å²) in [6, 6.07) is 4.87. The highest BCUT2D eigenvalue weighted by molar-refractivity contribution is 9.10. The summed E-state index contributed by atoms with van der Waals surface area (Å²) in [4.78, 5) is 11.1. The number of carbonyl (C=O) groups is 1. The molecule has 1 aromatic carbocycles. The Morgan fingerprint density at radius 2 is 2.06 bits per heavy atom. The van der Waals surface area contributed by atoms with Gasteiger partial charge in [0, 0.05) is 10.2 Å². The van der Waals surface area contributed by atoms with Crippen molar-refractivity contribution in [1.29, 1.82) is 0 Å². The van der Waals surface area contributed by atoms with Crippen molar-refractivity contribution in [1.82, 2.24) is 5.32 Å². The molecule has 0 saturated heterocycles. The second-order valence-corrected chi connectivity index (χ2v) is 4.64. The summed E-state index contributed by atoms with van der Waals surface area (Å²) in [6.07, 6.45) is -4.41. The second kappa shape index (κ2) is 6.29. The number of hydrogen-bond donors (Lipinski definition) is 2. The van der Waals surface area contributed by atoms with Crippen molar-refractivity contribution in [3.8, 4) is 0 Å². The number of carbonyl (C=O) groups excluding carboxylic acids is 1. The molecular weight excluding hydrogens is 336 g/mol. The molecule has 0 unspecified atom stereocenters. The van der Waals surface area contributed by atoms with Crippen LogP contribution >= 0.6 is 27.5 Å². The van der Waals surface area contributed by atoms with E-state index >= 15 is 0 Å². The van der Waals surface area contributed by atoms with Crippen LogP contribution in [0.15, 0.2) is 22.7 Å². The van der Waals surface area contributed by atoms with Crippen LogP contribution in [-0.2, 0) is 4.79 Å². The van der Waals surface area contributed by atoms with Gasteiger partial charge in [-0.25, -0.2) is 0 Å². The van der Waals surface area contributed by atoms with E-state index in [2.05, 4.69) is 21.2 Å². The number of benzene rings is 1. The Morgan fingerprint density at radius 3 is 2.61 bits per heavy atom. The van der Waals surface area contributed by atoms with Gasteiger partial charge in [0.05, 0.1) is 11.6 Å². The van der Waals surface area contributed by atoms with E-state index in [1.165, 1.54) is 0 Å². The predicted octanol–water partition coefficient (Wildman–Crippen LogP) is 3.19. The number of hydrogen-bond acceptors (Lipinski definition) is 2. The first-order valence-electron chi connectivity index (χ1n) is 4.80. The first-order chi connectivity index (χ1) is 8.28. The molecule has 0 aliphatic heterocycles. The van der Waals surface area contributed by atoms with Gasteiger partial charge in [-0.05, 0) is 34.1 Å². The summed E-state index contributed by atoms with van der Waals surface area (Å²) in [5, 5.41) is 4.85. The smallest absolute Gasteiger partial charge is 0.376 e. The summed E-state index contributed by atoms with van der Waals surface area (Å²) in [5.74, 6) is -0.744. The predicted molar refractivity (Wildman–Crippen MR) is 66.7 cm³/mol. The largest absolute Gasteiger partial charge is 0.405 e. The van der Waals surface area contributed by atoms with E-state index < -0.39 is 18.6 Å². The van der Waals surface area contributed by atoms with Gasteiger partial charge in [-0.3, -0.25) is 4.79 Å². The molecule has 0 fully saturated rings. The topological polar surface area (TPSA) is 41.1 Å². The molecule has 0 heterocycles. The first-order valence-corrected chi connectivity index (χ1v) is 5.97. The third-order valence-electron chi connectivity index (χ3n) is 1.86. The molecule has 1 aromatic rings. The molecular formula is C10H9BrClF3N2O. The van der Waals surface area contributed by atoms with Gasteiger partial charge in [-0.1, -0.05) is 11.6 Å². The Balaban J connectivity index is 2.40. The van der Waals surface area contributed by atoms with Crippen molar-refractivity contribution in [2.45, 2.75) is 6.18 Å². The molecule has 0 saturated carbocycles. The average Bonchev–Trinajstić information content (AvgIpc) is 2.27. The van der Waals surface area contributed by atoms with Gasteiger partial charge in [0.15, 0.2) is 0 Å². The molecule has 0 aliphatic rings. The SMILES string of the molecule is O=C(CNc1ccc(Br)c(Cl)c1)NCC(F)(F)F. The van der Waals surface area contributed by atoms with Crippen molar-refractivity contribution >= 4 is 39.1 Å². The average molecular weight is 346 g/mol. The minimum Gasteiger partial charge on any atom is -0.376 e. The molecule has 0 atom stereocenters. The van der Waals surface area contributed by atoms with E-state index in [-0.39, 0.29) is 6.54 Å². The highest BCUT2D eigenvalue weighted by atomic mass is 79.9. The van der Waals surface area contributed by atoms with Crippen LogP contribution < -0.4 is 10.6 Å². The first kappa shape index (κ1) is 15.1. The number of halogens is 5. The highest BCUT2D eigenvalue weighted by Gasteiger charge is 2.27. The van der Waals surface area contributed by atoms with E-state index in [9.17, 15) is 18.0 Å². The lowest BCUT2D eigenvalue weighted by molar-refractivity contribution is -0.137. The maximum Gasteiger partial charge on any atom is 0.405 e. The van der Waals surface area contributed by atoms with Crippen LogP contribution in [0.4, 0.5) is 18.9 Å². The monoisotopic (exact) mass is 344 g/mol. The molecule has 1 amide bonds. The summed E-state index contributed by atoms with van der Waals surface area (Å²) < 4.78 is 36.1. The summed E-state index contributed by atoms with van der Waals surface area (Å²) in [5.41, 5.74) is 0.547. The van der Waals surface area contributed by atoms with Gasteiger partial charge in [-0.15, -0.1) is 0 Å². The summed E-state index contributed by atoms with van der Waals surface area (Å²) in [7, 11) is 0. The fourth-order valence-electron chi connectivity index (χ4n) is 1.05. The van der Waals surface area contributed by atoms with Gasteiger partial charge in [0.25, 0.3) is 0 Å². The molecule has 100 valence electrons. The zero-order valence-electron chi connectivity index (χ0n) is 8.94. The van der Waals surface area contributed by atoms with E-state index in [1.54, 1.807) is 23.5 Å². The summed E-state index contributed by atoms with van der Waals surface area (Å²) >= 11 is 9.01. The van der Waals surface area contributed by atoms with E-state index in [0.717, 1.165) is 0 Å². The lowest BCUT2D eigenvalue weighted by Crippen LogP contribution is -2.37. The number of nitrogens with one attached hydrogen (secondary N) is 2. The number of amides is 1. The zero-order chi connectivity index (χ0) is 13.8. The molecule has 0 aromatic heterocycles. The quantitative estimate of drug-likeness (QED) is 0.880. The van der Waals surface area contributed by atoms with Crippen LogP contribution in [0.25, 0.3) is 0 Å². The fraction of sp³-hybridized carbons (Fsp3) is 0.300. The fourth-order valence-corrected chi connectivity index (χ4v) is 1.48. The lowest BCUT2D eigenvalue weighted by atomic mass is 10.3. The van der Waals surface area contributed by atoms with Crippen molar-refractivity contribution in [3.63, 3.8) is 0 Å². The van der Waals surface area contributed by atoms with Gasteiger partial charge in [-0.2, -0.15) is 13.2 Å². The molecule has 0 spiro atoms. The molecule has 8 heteroatoms. The van der Waals surface area contributed by atoms with Gasteiger partial charge in [0.2, 0.25) is 5.91 Å². The van der Waals surface area contributed by atoms with Crippen LogP contribution in [0, 0.1) is 0 Å². The minimum absolute atomic E-state index is 0.256. The maximum atomic E-state index is 11.8. The Labute approximate surface area is 115 Å². The Bertz CT molecular complexity index is 440. The maximum absolute atomic E-state index is 11.8. The Kier molecular flexibility index (Phi) is 5.28. The molecule has 18 heavy (non-hydrogen) atoms. The highest BCUT2D eigenvalue weighted by Crippen LogP contribution is 2.25. The van der Waals surface area contributed by atoms with Gasteiger partial charge in [0.1, 0.15) is 6.54 Å². The van der Waals surface area contributed by atoms with E-state index in [4.69, 9.17) is 11.6 Å². The second-order valence-electron chi connectivity index (χ2n) is 3.37. The third-order valence-corrected chi connectivity index (χ3v) is 3.09. The standard InChI is InChI=1S/C10H9BrClF3N2O/c11-7-2-1-6(3-8(7)12)16-4-9(18)17-5-10(13,14)15/h1-3,16H,4-5H2,(H,17,18). The van der Waals surface area contributed by atoms with Crippen LogP contribution in [0.5, 0.6) is 0 Å². The van der Waals surface area contributed by atoms with E-state index in [1.807, 2.05) is 0 Å². The number of rotatable bonds is 4. The normalized spacial score (nSPS) is 11.2. The van der Waals surface area contributed by atoms with Crippen LogP contribution in [0.3, 0.4) is 0 Å². The van der Waals surface area contributed by atoms with Crippen molar-refractivity contribution in [2.24, 2.45) is 0 Å². The van der Waals surface area contributed by atoms with Crippen molar-refractivity contribution in [2.75, 3.05) is 18.4 Å². The Hall–Kier alpha value is -0.950. The van der Waals surface area contributed by atoms with Crippen LogP contribution in [0.2, 0.25) is 5.02 Å².